The third kappa shape index (κ3) is 4.06. The second-order valence-electron chi connectivity index (χ2n) is 4.62. The molecule has 2 aromatic carbocycles. The third-order valence-electron chi connectivity index (χ3n) is 3.01. The zero-order chi connectivity index (χ0) is 18.1. The highest BCUT2D eigenvalue weighted by molar-refractivity contribution is 6.38. The Kier molecular flexibility index (Phi) is 5.52. The number of hydrogen-bond acceptors (Lipinski definition) is 2. The first-order valence-corrected chi connectivity index (χ1v) is 7.48. The monoisotopic (exact) mass is 397 g/mol. The molecule has 2 aromatic rings. The van der Waals surface area contributed by atoms with Crippen LogP contribution in [0.5, 0.6) is 5.75 Å². The van der Waals surface area contributed by atoms with Crippen LogP contribution in [0.25, 0.3) is 0 Å². The van der Waals surface area contributed by atoms with E-state index in [1.165, 1.54) is 19.2 Å². The summed E-state index contributed by atoms with van der Waals surface area (Å²) in [4.78, 5) is 12.2. The molecule has 0 aliphatic carbocycles. The summed E-state index contributed by atoms with van der Waals surface area (Å²) in [5.41, 5.74) is -1.08. The summed E-state index contributed by atoms with van der Waals surface area (Å²) in [6, 6.07) is 5.17. The fraction of sp³-hybridized carbons (Fsp3) is 0.133. The number of alkyl halides is 3. The molecule has 0 aliphatic heterocycles. The average Bonchev–Trinajstić information content (AvgIpc) is 2.47. The van der Waals surface area contributed by atoms with Crippen LogP contribution in [0.15, 0.2) is 30.3 Å². The zero-order valence-corrected chi connectivity index (χ0v) is 14.2. The molecule has 1 N–H and O–H groups in total. The van der Waals surface area contributed by atoms with E-state index in [9.17, 15) is 18.0 Å². The Hall–Kier alpha value is -1.63. The molecule has 1 amide bonds. The molecular weight excluding hydrogens is 390 g/mol. The van der Waals surface area contributed by atoms with Crippen LogP contribution in [0.3, 0.4) is 0 Å². The highest BCUT2D eigenvalue weighted by Crippen LogP contribution is 2.36. The van der Waals surface area contributed by atoms with Crippen molar-refractivity contribution in [1.29, 1.82) is 0 Å². The molecular formula is C15H9Cl3F3NO2. The lowest BCUT2D eigenvalue weighted by atomic mass is 10.1. The summed E-state index contributed by atoms with van der Waals surface area (Å²) in [5.74, 6) is -0.533. The van der Waals surface area contributed by atoms with Gasteiger partial charge in [0, 0.05) is 5.56 Å². The standard InChI is InChI=1S/C15H9Cl3F3NO2/c1-24-13-10(17)4-7(5-11(13)18)14(23)22-12-6-8(15(19,20)21)2-3-9(12)16/h2-6H,1H3,(H,22,23). The molecule has 0 unspecified atom stereocenters. The van der Waals surface area contributed by atoms with Gasteiger partial charge in [0.1, 0.15) is 0 Å². The third-order valence-corrected chi connectivity index (χ3v) is 3.90. The number of hydrogen-bond donors (Lipinski definition) is 1. The minimum atomic E-state index is -4.56. The van der Waals surface area contributed by atoms with Crippen LogP contribution in [0.1, 0.15) is 15.9 Å². The average molecular weight is 399 g/mol. The molecule has 0 heterocycles. The van der Waals surface area contributed by atoms with Crippen molar-refractivity contribution in [3.8, 4) is 5.75 Å². The molecule has 0 aliphatic rings. The minimum Gasteiger partial charge on any atom is -0.494 e. The van der Waals surface area contributed by atoms with Gasteiger partial charge in [0.05, 0.1) is 33.4 Å². The van der Waals surface area contributed by atoms with Crippen LogP contribution >= 0.6 is 34.8 Å². The first-order chi connectivity index (χ1) is 11.1. The molecule has 0 aromatic heterocycles. The highest BCUT2D eigenvalue weighted by atomic mass is 35.5. The Morgan fingerprint density at radius 3 is 2.12 bits per heavy atom. The largest absolute Gasteiger partial charge is 0.494 e. The lowest BCUT2D eigenvalue weighted by molar-refractivity contribution is -0.137. The van der Waals surface area contributed by atoms with Crippen molar-refractivity contribution in [2.45, 2.75) is 6.18 Å². The summed E-state index contributed by atoms with van der Waals surface area (Å²) in [7, 11) is 1.36. The van der Waals surface area contributed by atoms with Crippen LogP contribution in [0.4, 0.5) is 18.9 Å². The van der Waals surface area contributed by atoms with Crippen molar-refractivity contribution in [3.63, 3.8) is 0 Å². The van der Waals surface area contributed by atoms with Crippen molar-refractivity contribution < 1.29 is 22.7 Å². The Labute approximate surface area is 150 Å². The smallest absolute Gasteiger partial charge is 0.416 e. The molecule has 0 spiro atoms. The number of anilines is 1. The van der Waals surface area contributed by atoms with Gasteiger partial charge >= 0.3 is 6.18 Å². The first kappa shape index (κ1) is 18.7. The SMILES string of the molecule is COc1c(Cl)cc(C(=O)Nc2cc(C(F)(F)F)ccc2Cl)cc1Cl. The van der Waals surface area contributed by atoms with Gasteiger partial charge in [-0.25, -0.2) is 0 Å². The maximum Gasteiger partial charge on any atom is 0.416 e. The van der Waals surface area contributed by atoms with E-state index in [1.54, 1.807) is 0 Å². The van der Waals surface area contributed by atoms with Gasteiger partial charge in [0.2, 0.25) is 0 Å². The van der Waals surface area contributed by atoms with Crippen LogP contribution in [0, 0.1) is 0 Å². The van der Waals surface area contributed by atoms with E-state index < -0.39 is 17.6 Å². The fourth-order valence-corrected chi connectivity index (χ4v) is 2.68. The predicted octanol–water partition coefficient (Wildman–Crippen LogP) is 5.93. The number of amides is 1. The van der Waals surface area contributed by atoms with Crippen molar-refractivity contribution in [2.75, 3.05) is 12.4 Å². The second kappa shape index (κ2) is 7.09. The van der Waals surface area contributed by atoms with Gasteiger partial charge in [-0.3, -0.25) is 4.79 Å². The summed E-state index contributed by atoms with van der Waals surface area (Å²) in [5, 5.41) is 2.44. The lowest BCUT2D eigenvalue weighted by Crippen LogP contribution is -2.14. The number of benzene rings is 2. The Morgan fingerprint density at radius 1 is 1.04 bits per heavy atom. The number of ether oxygens (including phenoxy) is 1. The number of carbonyl (C=O) groups excluding carboxylic acids is 1. The van der Waals surface area contributed by atoms with E-state index in [1.807, 2.05) is 0 Å². The summed E-state index contributed by atoms with van der Waals surface area (Å²) >= 11 is 17.7. The van der Waals surface area contributed by atoms with Gasteiger partial charge in [0.15, 0.2) is 5.75 Å². The quantitative estimate of drug-likeness (QED) is 0.696. The molecule has 0 atom stereocenters. The van der Waals surface area contributed by atoms with Crippen molar-refractivity contribution in [2.24, 2.45) is 0 Å². The van der Waals surface area contributed by atoms with E-state index in [2.05, 4.69) is 5.32 Å². The maximum absolute atomic E-state index is 12.7. The molecule has 24 heavy (non-hydrogen) atoms. The maximum atomic E-state index is 12.7. The first-order valence-electron chi connectivity index (χ1n) is 6.34. The number of nitrogens with one attached hydrogen (secondary N) is 1. The lowest BCUT2D eigenvalue weighted by Gasteiger charge is -2.12. The molecule has 2 rings (SSSR count). The van der Waals surface area contributed by atoms with Crippen molar-refractivity contribution in [3.05, 3.63) is 56.5 Å². The van der Waals surface area contributed by atoms with E-state index in [-0.39, 0.29) is 32.1 Å². The Bertz CT molecular complexity index is 771. The molecule has 0 fully saturated rings. The molecule has 9 heteroatoms. The van der Waals surface area contributed by atoms with Gasteiger partial charge in [-0.05, 0) is 30.3 Å². The van der Waals surface area contributed by atoms with Gasteiger partial charge in [0.25, 0.3) is 5.91 Å². The van der Waals surface area contributed by atoms with Crippen molar-refractivity contribution in [1.82, 2.24) is 0 Å². The van der Waals surface area contributed by atoms with Gasteiger partial charge in [-0.1, -0.05) is 34.8 Å². The number of halogens is 6. The molecule has 0 saturated carbocycles. The second-order valence-corrected chi connectivity index (χ2v) is 5.84. The number of carbonyl (C=O) groups is 1. The van der Waals surface area contributed by atoms with Crippen LogP contribution < -0.4 is 10.1 Å². The zero-order valence-electron chi connectivity index (χ0n) is 12.0. The van der Waals surface area contributed by atoms with E-state index in [4.69, 9.17) is 39.5 Å². The van der Waals surface area contributed by atoms with Crippen molar-refractivity contribution >= 4 is 46.4 Å². The topological polar surface area (TPSA) is 38.3 Å². The van der Waals surface area contributed by atoms with E-state index in [0.29, 0.717) is 0 Å². The summed E-state index contributed by atoms with van der Waals surface area (Å²) in [6.07, 6.45) is -4.56. The normalized spacial score (nSPS) is 11.3. The van der Waals surface area contributed by atoms with Crippen LogP contribution in [0.2, 0.25) is 15.1 Å². The van der Waals surface area contributed by atoms with Gasteiger partial charge in [-0.2, -0.15) is 13.2 Å². The fourth-order valence-electron chi connectivity index (χ4n) is 1.88. The summed E-state index contributed by atoms with van der Waals surface area (Å²) in [6.45, 7) is 0. The number of methoxy groups -OCH3 is 1. The van der Waals surface area contributed by atoms with E-state index >= 15 is 0 Å². The molecule has 0 saturated heterocycles. The Morgan fingerprint density at radius 2 is 1.62 bits per heavy atom. The molecule has 3 nitrogen and oxygen atoms in total. The molecule has 128 valence electrons. The molecule has 0 bridgehead atoms. The summed E-state index contributed by atoms with van der Waals surface area (Å²) < 4.78 is 43.2. The van der Waals surface area contributed by atoms with Gasteiger partial charge in [-0.15, -0.1) is 0 Å². The highest BCUT2D eigenvalue weighted by Gasteiger charge is 2.31. The number of rotatable bonds is 3. The van der Waals surface area contributed by atoms with Crippen LogP contribution in [-0.4, -0.2) is 13.0 Å². The van der Waals surface area contributed by atoms with E-state index in [0.717, 1.165) is 18.2 Å². The van der Waals surface area contributed by atoms with Crippen LogP contribution in [-0.2, 0) is 6.18 Å². The van der Waals surface area contributed by atoms with Gasteiger partial charge < -0.3 is 10.1 Å². The Balaban J connectivity index is 2.34. The molecule has 0 radical (unpaired) electrons. The minimum absolute atomic E-state index is 0.0398. The predicted molar refractivity (Wildman–Crippen MR) is 87.4 cm³/mol.